The Kier molecular flexibility index (Phi) is 2.22. The predicted molar refractivity (Wildman–Crippen MR) is 62.2 cm³/mol. The normalized spacial score (nSPS) is 18.6. The van der Waals surface area contributed by atoms with Crippen molar-refractivity contribution in [1.82, 2.24) is 9.55 Å². The van der Waals surface area contributed by atoms with Crippen LogP contribution in [0.2, 0.25) is 0 Å². The summed E-state index contributed by atoms with van der Waals surface area (Å²) in [7, 11) is 0. The van der Waals surface area contributed by atoms with Gasteiger partial charge in [0.2, 0.25) is 0 Å². The molecule has 0 radical (unpaired) electrons. The van der Waals surface area contributed by atoms with Gasteiger partial charge in [-0.3, -0.25) is 9.78 Å². The minimum absolute atomic E-state index is 0.114. The summed E-state index contributed by atoms with van der Waals surface area (Å²) in [6.45, 7) is 0.995. The lowest BCUT2D eigenvalue weighted by Crippen LogP contribution is -2.33. The predicted octanol–water partition coefficient (Wildman–Crippen LogP) is 0.667. The molecule has 17 heavy (non-hydrogen) atoms. The molecule has 1 atom stereocenters. The smallest absolute Gasteiger partial charge is 0.251 e. The summed E-state index contributed by atoms with van der Waals surface area (Å²) in [5.74, 6) is -0.238. The van der Waals surface area contributed by atoms with Gasteiger partial charge >= 0.3 is 0 Å². The quantitative estimate of drug-likeness (QED) is 0.787. The van der Waals surface area contributed by atoms with E-state index < -0.39 is 0 Å². The second kappa shape index (κ2) is 3.63. The third-order valence-electron chi connectivity index (χ3n) is 3.32. The molecule has 2 aromatic heterocycles. The Morgan fingerprint density at radius 1 is 1.53 bits per heavy atom. The zero-order valence-corrected chi connectivity index (χ0v) is 9.19. The Labute approximate surface area is 96.9 Å². The molecule has 1 aliphatic heterocycles. The minimum Gasteiger partial charge on any atom is -0.330 e. The van der Waals surface area contributed by atoms with Crippen molar-refractivity contribution in [3.63, 3.8) is 0 Å². The number of hydrogen-bond acceptors (Lipinski definition) is 3. The molecular formula is C12H12FN3O. The lowest BCUT2D eigenvalue weighted by atomic mass is 9.94. The van der Waals surface area contributed by atoms with E-state index in [0.717, 1.165) is 0 Å². The maximum atomic E-state index is 13.8. The van der Waals surface area contributed by atoms with Crippen LogP contribution in [0.15, 0.2) is 23.1 Å². The Morgan fingerprint density at radius 2 is 2.35 bits per heavy atom. The topological polar surface area (TPSA) is 60.9 Å². The average Bonchev–Trinajstić information content (AvgIpc) is 2.36. The second-order valence-electron chi connectivity index (χ2n) is 4.41. The van der Waals surface area contributed by atoms with Crippen molar-refractivity contribution in [1.29, 1.82) is 0 Å². The first-order valence-electron chi connectivity index (χ1n) is 5.57. The Hall–Kier alpha value is -1.75. The van der Waals surface area contributed by atoms with E-state index >= 15 is 0 Å². The van der Waals surface area contributed by atoms with E-state index in [4.69, 9.17) is 5.73 Å². The van der Waals surface area contributed by atoms with Crippen LogP contribution in [0.5, 0.6) is 0 Å². The van der Waals surface area contributed by atoms with Gasteiger partial charge in [0.15, 0.2) is 0 Å². The third kappa shape index (κ3) is 1.46. The molecule has 0 saturated carbocycles. The molecule has 0 saturated heterocycles. The molecule has 2 aromatic rings. The van der Waals surface area contributed by atoms with Crippen LogP contribution in [0, 0.1) is 11.7 Å². The zero-order valence-electron chi connectivity index (χ0n) is 9.19. The number of hydrogen-bond donors (Lipinski definition) is 1. The molecule has 3 rings (SSSR count). The zero-order chi connectivity index (χ0) is 12.0. The van der Waals surface area contributed by atoms with Crippen LogP contribution in [0.25, 0.3) is 11.0 Å². The van der Waals surface area contributed by atoms with Gasteiger partial charge in [-0.2, -0.15) is 0 Å². The van der Waals surface area contributed by atoms with E-state index in [-0.39, 0.29) is 17.3 Å². The number of rotatable bonds is 1. The van der Waals surface area contributed by atoms with Gasteiger partial charge < -0.3 is 10.3 Å². The van der Waals surface area contributed by atoms with Crippen LogP contribution in [0.4, 0.5) is 4.39 Å². The fourth-order valence-electron chi connectivity index (χ4n) is 2.45. The first-order valence-corrected chi connectivity index (χ1v) is 5.57. The average molecular weight is 233 g/mol. The summed E-state index contributed by atoms with van der Waals surface area (Å²) >= 11 is 0. The van der Waals surface area contributed by atoms with E-state index in [2.05, 4.69) is 4.98 Å². The summed E-state index contributed by atoms with van der Waals surface area (Å²) in [5, 5.41) is 0. The number of nitrogens with two attached hydrogens (primary N) is 1. The van der Waals surface area contributed by atoms with E-state index in [1.807, 2.05) is 0 Å². The van der Waals surface area contributed by atoms with Crippen LogP contribution in [0.3, 0.4) is 0 Å². The first kappa shape index (κ1) is 10.4. The Bertz CT molecular complexity index is 650. The maximum Gasteiger partial charge on any atom is 0.251 e. The number of nitrogens with zero attached hydrogens (tertiary/aromatic N) is 2. The van der Waals surface area contributed by atoms with Gasteiger partial charge in [0.25, 0.3) is 5.56 Å². The van der Waals surface area contributed by atoms with Crippen molar-refractivity contribution in [2.45, 2.75) is 13.0 Å². The third-order valence-corrected chi connectivity index (χ3v) is 3.32. The molecule has 0 bridgehead atoms. The van der Waals surface area contributed by atoms with Crippen LogP contribution < -0.4 is 11.3 Å². The van der Waals surface area contributed by atoms with Gasteiger partial charge in [-0.15, -0.1) is 0 Å². The molecule has 3 heterocycles. The van der Waals surface area contributed by atoms with Gasteiger partial charge in [0, 0.05) is 18.2 Å². The molecule has 0 spiro atoms. The van der Waals surface area contributed by atoms with Gasteiger partial charge in [-0.25, -0.2) is 4.39 Å². The molecular weight excluding hydrogens is 221 g/mol. The van der Waals surface area contributed by atoms with E-state index in [0.29, 0.717) is 36.1 Å². The van der Waals surface area contributed by atoms with Crippen molar-refractivity contribution in [2.24, 2.45) is 11.7 Å². The van der Waals surface area contributed by atoms with Crippen molar-refractivity contribution < 1.29 is 4.39 Å². The summed E-state index contributed by atoms with van der Waals surface area (Å²) in [6, 6.07) is 3.11. The van der Waals surface area contributed by atoms with Crippen LogP contribution in [-0.2, 0) is 13.0 Å². The fraction of sp³-hybridized carbons (Fsp3) is 0.333. The van der Waals surface area contributed by atoms with Crippen LogP contribution in [-0.4, -0.2) is 16.1 Å². The number of pyridine rings is 2. The van der Waals surface area contributed by atoms with Crippen molar-refractivity contribution in [3.05, 3.63) is 40.1 Å². The van der Waals surface area contributed by atoms with E-state index in [1.165, 1.54) is 12.3 Å². The first-order chi connectivity index (χ1) is 8.20. The Balaban J connectivity index is 2.40. The second-order valence-corrected chi connectivity index (χ2v) is 4.41. The molecule has 0 fully saturated rings. The SMILES string of the molecule is NCC1Cc2c(F)cnc3ccc(=O)n(c23)C1. The van der Waals surface area contributed by atoms with Gasteiger partial charge in [0.05, 0.1) is 17.2 Å². The number of halogens is 1. The van der Waals surface area contributed by atoms with Gasteiger partial charge in [0.1, 0.15) is 5.82 Å². The molecule has 1 aliphatic rings. The maximum absolute atomic E-state index is 13.8. The molecule has 0 aromatic carbocycles. The molecule has 88 valence electrons. The van der Waals surface area contributed by atoms with Crippen molar-refractivity contribution in [3.8, 4) is 0 Å². The molecule has 1 unspecified atom stereocenters. The van der Waals surface area contributed by atoms with Gasteiger partial charge in [-0.1, -0.05) is 0 Å². The molecule has 0 amide bonds. The fourth-order valence-corrected chi connectivity index (χ4v) is 2.45. The summed E-state index contributed by atoms with van der Waals surface area (Å²) in [4.78, 5) is 15.8. The minimum atomic E-state index is -0.352. The molecule has 5 heteroatoms. The van der Waals surface area contributed by atoms with E-state index in [1.54, 1.807) is 10.6 Å². The van der Waals surface area contributed by atoms with Crippen LogP contribution >= 0.6 is 0 Å². The van der Waals surface area contributed by atoms with Gasteiger partial charge in [-0.05, 0) is 24.9 Å². The highest BCUT2D eigenvalue weighted by Crippen LogP contribution is 2.26. The molecule has 2 N–H and O–H groups in total. The summed E-state index contributed by atoms with van der Waals surface area (Å²) < 4.78 is 15.3. The standard InChI is InChI=1S/C12H12FN3O/c13-9-5-15-10-1-2-11(17)16-6-7(4-14)3-8(9)12(10)16/h1-2,5,7H,3-4,6,14H2. The lowest BCUT2D eigenvalue weighted by Gasteiger charge is -2.25. The van der Waals surface area contributed by atoms with Crippen molar-refractivity contribution in [2.75, 3.05) is 6.54 Å². The highest BCUT2D eigenvalue weighted by atomic mass is 19.1. The highest BCUT2D eigenvalue weighted by Gasteiger charge is 2.23. The Morgan fingerprint density at radius 3 is 3.12 bits per heavy atom. The van der Waals surface area contributed by atoms with Crippen LogP contribution in [0.1, 0.15) is 5.56 Å². The lowest BCUT2D eigenvalue weighted by molar-refractivity contribution is 0.423. The van der Waals surface area contributed by atoms with Crippen molar-refractivity contribution >= 4 is 11.0 Å². The largest absolute Gasteiger partial charge is 0.330 e. The molecule has 4 nitrogen and oxygen atoms in total. The number of aromatic nitrogens is 2. The highest BCUT2D eigenvalue weighted by molar-refractivity contribution is 5.78. The summed E-state index contributed by atoms with van der Waals surface area (Å²) in [6.07, 6.45) is 1.79. The molecule has 0 aliphatic carbocycles. The van der Waals surface area contributed by atoms with E-state index in [9.17, 15) is 9.18 Å². The summed E-state index contributed by atoms with van der Waals surface area (Å²) in [5.41, 5.74) is 7.37. The monoisotopic (exact) mass is 233 g/mol.